The lowest BCUT2D eigenvalue weighted by molar-refractivity contribution is -0.274. The van der Waals surface area contributed by atoms with Crippen LogP contribution in [-0.4, -0.2) is 12.4 Å². The first-order valence-electron chi connectivity index (χ1n) is 6.13. The molecule has 2 aliphatic rings. The maximum atomic E-state index is 12.0. The molecule has 0 aromatic heterocycles. The van der Waals surface area contributed by atoms with Crippen molar-refractivity contribution in [2.24, 2.45) is 5.92 Å². The lowest BCUT2D eigenvalue weighted by atomic mass is 9.93. The van der Waals surface area contributed by atoms with E-state index >= 15 is 0 Å². The minimum atomic E-state index is -4.62. The zero-order chi connectivity index (χ0) is 12.8. The van der Waals surface area contributed by atoms with E-state index in [2.05, 4.69) is 10.1 Å². The zero-order valence-corrected chi connectivity index (χ0v) is 9.70. The predicted molar refractivity (Wildman–Crippen MR) is 60.1 cm³/mol. The molecule has 3 rings (SSSR count). The van der Waals surface area contributed by atoms with Gasteiger partial charge in [0.15, 0.2) is 0 Å². The first kappa shape index (κ1) is 11.8. The maximum Gasteiger partial charge on any atom is 0.573 e. The van der Waals surface area contributed by atoms with E-state index in [1.807, 2.05) is 0 Å². The van der Waals surface area contributed by atoms with Crippen LogP contribution < -0.4 is 10.1 Å². The summed E-state index contributed by atoms with van der Waals surface area (Å²) in [5, 5.41) is 3.51. The van der Waals surface area contributed by atoms with Crippen LogP contribution in [0.4, 0.5) is 13.2 Å². The molecule has 2 bridgehead atoms. The number of nitrogens with one attached hydrogen (secondary N) is 1. The van der Waals surface area contributed by atoms with Gasteiger partial charge in [0, 0.05) is 12.1 Å². The molecule has 1 saturated carbocycles. The molecule has 98 valence electrons. The molecule has 3 unspecified atom stereocenters. The molecule has 2 fully saturated rings. The Kier molecular flexibility index (Phi) is 2.73. The summed E-state index contributed by atoms with van der Waals surface area (Å²) >= 11 is 0. The summed E-state index contributed by atoms with van der Waals surface area (Å²) in [6.45, 7) is 0. The van der Waals surface area contributed by atoms with Crippen LogP contribution in [0.5, 0.6) is 5.75 Å². The number of alkyl halides is 3. The van der Waals surface area contributed by atoms with Gasteiger partial charge in [-0.05, 0) is 42.9 Å². The molecule has 2 nitrogen and oxygen atoms in total. The average molecular weight is 257 g/mol. The van der Waals surface area contributed by atoms with E-state index in [4.69, 9.17) is 0 Å². The minimum Gasteiger partial charge on any atom is -0.406 e. The number of piperidine rings is 1. The fourth-order valence-corrected chi connectivity index (χ4v) is 3.11. The van der Waals surface area contributed by atoms with E-state index in [1.165, 1.54) is 31.4 Å². The van der Waals surface area contributed by atoms with Crippen molar-refractivity contribution in [1.82, 2.24) is 5.32 Å². The highest BCUT2D eigenvalue weighted by Gasteiger charge is 2.39. The second-order valence-electron chi connectivity index (χ2n) is 5.03. The molecule has 0 radical (unpaired) electrons. The molecule has 1 N–H and O–H groups in total. The summed E-state index contributed by atoms with van der Waals surface area (Å²) in [6, 6.07) is 7.10. The molecule has 1 aliphatic carbocycles. The molecular formula is C13H14F3NO. The van der Waals surface area contributed by atoms with Crippen LogP contribution in [0, 0.1) is 5.92 Å². The van der Waals surface area contributed by atoms with Crippen molar-refractivity contribution in [3.05, 3.63) is 29.8 Å². The van der Waals surface area contributed by atoms with E-state index in [0.717, 1.165) is 5.56 Å². The fraction of sp³-hybridized carbons (Fsp3) is 0.538. The van der Waals surface area contributed by atoms with Gasteiger partial charge >= 0.3 is 6.36 Å². The molecule has 0 amide bonds. The van der Waals surface area contributed by atoms with Crippen molar-refractivity contribution in [2.75, 3.05) is 0 Å². The van der Waals surface area contributed by atoms with Gasteiger partial charge < -0.3 is 10.1 Å². The van der Waals surface area contributed by atoms with E-state index in [-0.39, 0.29) is 5.75 Å². The molecule has 1 aromatic carbocycles. The van der Waals surface area contributed by atoms with Crippen LogP contribution in [-0.2, 0) is 0 Å². The molecule has 3 atom stereocenters. The van der Waals surface area contributed by atoms with Gasteiger partial charge in [-0.3, -0.25) is 0 Å². The third-order valence-corrected chi connectivity index (χ3v) is 3.83. The maximum absolute atomic E-state index is 12.0. The van der Waals surface area contributed by atoms with Crippen molar-refractivity contribution in [2.45, 2.75) is 37.7 Å². The molecule has 5 heteroatoms. The Labute approximate surface area is 103 Å². The summed E-state index contributed by atoms with van der Waals surface area (Å²) in [4.78, 5) is 0. The van der Waals surface area contributed by atoms with Gasteiger partial charge in [0.2, 0.25) is 0 Å². The van der Waals surface area contributed by atoms with Crippen molar-refractivity contribution in [3.63, 3.8) is 0 Å². The molecule has 18 heavy (non-hydrogen) atoms. The van der Waals surface area contributed by atoms with Gasteiger partial charge in [0.25, 0.3) is 0 Å². The van der Waals surface area contributed by atoms with Gasteiger partial charge in [-0.1, -0.05) is 12.1 Å². The molecule has 1 aromatic rings. The molecule has 0 spiro atoms. The highest BCUT2D eigenvalue weighted by Crippen LogP contribution is 2.43. The highest BCUT2D eigenvalue weighted by atomic mass is 19.4. The number of halogens is 3. The van der Waals surface area contributed by atoms with Crippen LogP contribution >= 0.6 is 0 Å². The van der Waals surface area contributed by atoms with E-state index in [0.29, 0.717) is 18.0 Å². The van der Waals surface area contributed by atoms with E-state index in [1.54, 1.807) is 12.1 Å². The Morgan fingerprint density at radius 2 is 1.83 bits per heavy atom. The molecular weight excluding hydrogens is 243 g/mol. The average Bonchev–Trinajstić information content (AvgIpc) is 2.89. The number of fused-ring (bicyclic) bond motifs is 2. The van der Waals surface area contributed by atoms with Gasteiger partial charge in [-0.2, -0.15) is 0 Å². The number of benzene rings is 1. The Balaban J connectivity index is 1.71. The molecule has 1 saturated heterocycles. The number of hydrogen-bond donors (Lipinski definition) is 1. The second-order valence-corrected chi connectivity index (χ2v) is 5.03. The quantitative estimate of drug-likeness (QED) is 0.876. The van der Waals surface area contributed by atoms with Crippen molar-refractivity contribution >= 4 is 0 Å². The first-order chi connectivity index (χ1) is 8.51. The highest BCUT2D eigenvalue weighted by molar-refractivity contribution is 5.31. The zero-order valence-electron chi connectivity index (χ0n) is 9.70. The SMILES string of the molecule is FC(F)(F)Oc1ccc(C2NC3CCC2C3)cc1. The largest absolute Gasteiger partial charge is 0.573 e. The van der Waals surface area contributed by atoms with Crippen LogP contribution in [0.15, 0.2) is 24.3 Å². The Bertz CT molecular complexity index is 429. The summed E-state index contributed by atoms with van der Waals surface area (Å²) in [7, 11) is 0. The van der Waals surface area contributed by atoms with Gasteiger partial charge in [0.1, 0.15) is 5.75 Å². The van der Waals surface area contributed by atoms with Crippen molar-refractivity contribution in [1.29, 1.82) is 0 Å². The third kappa shape index (κ3) is 2.32. The van der Waals surface area contributed by atoms with Crippen molar-refractivity contribution < 1.29 is 17.9 Å². The minimum absolute atomic E-state index is 0.158. The first-order valence-corrected chi connectivity index (χ1v) is 6.13. The number of ether oxygens (including phenoxy) is 1. The predicted octanol–water partition coefficient (Wildman–Crippen LogP) is 3.40. The van der Waals surface area contributed by atoms with E-state index in [9.17, 15) is 13.2 Å². The lowest BCUT2D eigenvalue weighted by Crippen LogP contribution is -2.28. The fourth-order valence-electron chi connectivity index (χ4n) is 3.11. The van der Waals surface area contributed by atoms with Crippen LogP contribution in [0.2, 0.25) is 0 Å². The Morgan fingerprint density at radius 1 is 1.11 bits per heavy atom. The molecule has 1 aliphatic heterocycles. The van der Waals surface area contributed by atoms with E-state index < -0.39 is 6.36 Å². The standard InChI is InChI=1S/C13H14F3NO/c14-13(15,16)18-11-5-2-8(3-6-11)12-9-1-4-10(7-9)17-12/h2-3,5-6,9-10,12,17H,1,4,7H2. The number of hydrogen-bond acceptors (Lipinski definition) is 2. The Hall–Kier alpha value is -1.23. The Morgan fingerprint density at radius 3 is 2.33 bits per heavy atom. The van der Waals surface area contributed by atoms with Crippen LogP contribution in [0.25, 0.3) is 0 Å². The summed E-state index contributed by atoms with van der Waals surface area (Å²) in [5.41, 5.74) is 1.05. The monoisotopic (exact) mass is 257 g/mol. The van der Waals surface area contributed by atoms with Gasteiger partial charge in [0.05, 0.1) is 0 Å². The topological polar surface area (TPSA) is 21.3 Å². The lowest BCUT2D eigenvalue weighted by Gasteiger charge is -2.23. The summed E-state index contributed by atoms with van der Waals surface area (Å²) in [6.07, 6.45) is -1.00. The van der Waals surface area contributed by atoms with Gasteiger partial charge in [-0.25, -0.2) is 0 Å². The number of rotatable bonds is 2. The normalized spacial score (nSPS) is 30.7. The summed E-state index contributed by atoms with van der Waals surface area (Å²) in [5.74, 6) is 0.471. The van der Waals surface area contributed by atoms with Gasteiger partial charge in [-0.15, -0.1) is 13.2 Å². The van der Waals surface area contributed by atoms with Crippen LogP contribution in [0.1, 0.15) is 30.9 Å². The summed E-state index contributed by atoms with van der Waals surface area (Å²) < 4.78 is 40.0. The van der Waals surface area contributed by atoms with Crippen molar-refractivity contribution in [3.8, 4) is 5.75 Å². The molecule has 1 heterocycles. The smallest absolute Gasteiger partial charge is 0.406 e. The van der Waals surface area contributed by atoms with Crippen LogP contribution in [0.3, 0.4) is 0 Å². The third-order valence-electron chi connectivity index (χ3n) is 3.83. The second kappa shape index (κ2) is 4.16.